The number of carboxylic acids is 1. The second kappa shape index (κ2) is 6.43. The van der Waals surface area contributed by atoms with Crippen LogP contribution in [0, 0.1) is 5.92 Å². The van der Waals surface area contributed by atoms with Crippen molar-refractivity contribution in [1.29, 1.82) is 0 Å². The minimum Gasteiger partial charge on any atom is -0.478 e. The van der Waals surface area contributed by atoms with Gasteiger partial charge in [0.25, 0.3) is 0 Å². The van der Waals surface area contributed by atoms with Gasteiger partial charge < -0.3 is 9.84 Å². The molecule has 6 nitrogen and oxygen atoms in total. The zero-order valence-corrected chi connectivity index (χ0v) is 13.8. The summed E-state index contributed by atoms with van der Waals surface area (Å²) in [5.74, 6) is -1.05. The lowest BCUT2D eigenvalue weighted by Gasteiger charge is -2.15. The van der Waals surface area contributed by atoms with Crippen molar-refractivity contribution in [1.82, 2.24) is 4.72 Å². The van der Waals surface area contributed by atoms with Crippen LogP contribution < -0.4 is 4.72 Å². The summed E-state index contributed by atoms with van der Waals surface area (Å²) in [7, 11) is -3.73. The largest absolute Gasteiger partial charge is 0.478 e. The van der Waals surface area contributed by atoms with Crippen LogP contribution in [0.5, 0.6) is 0 Å². The summed E-state index contributed by atoms with van der Waals surface area (Å²) in [5, 5.41) is 9.03. The summed E-state index contributed by atoms with van der Waals surface area (Å²) in [6.07, 6.45) is 0.830. The Hall–Kier alpha value is -0.960. The molecule has 1 aliphatic rings. The number of carbonyl (C=O) groups is 1. The van der Waals surface area contributed by atoms with Crippen LogP contribution in [0.3, 0.4) is 0 Å². The van der Waals surface area contributed by atoms with Crippen molar-refractivity contribution in [3.63, 3.8) is 0 Å². The molecule has 0 bridgehead atoms. The predicted molar refractivity (Wildman–Crippen MR) is 79.8 cm³/mol. The lowest BCUT2D eigenvalue weighted by Crippen LogP contribution is -2.32. The Morgan fingerprint density at radius 3 is 2.81 bits per heavy atom. The van der Waals surface area contributed by atoms with Gasteiger partial charge in [0.2, 0.25) is 10.0 Å². The van der Waals surface area contributed by atoms with Crippen LogP contribution in [-0.2, 0) is 14.8 Å². The van der Waals surface area contributed by atoms with Crippen molar-refractivity contribution in [3.8, 4) is 0 Å². The van der Waals surface area contributed by atoms with Gasteiger partial charge in [-0.1, -0.05) is 0 Å². The topological polar surface area (TPSA) is 92.7 Å². The standard InChI is InChI=1S/C13H16BrNO5S/c1-8-9(4-5-20-8)7-15-21(18,19)10-2-3-12(14)11(6-10)13(16)17/h2-3,6,8-9,15H,4-5,7H2,1H3,(H,16,17). The number of benzene rings is 1. The first-order chi connectivity index (χ1) is 9.81. The van der Waals surface area contributed by atoms with E-state index in [2.05, 4.69) is 20.7 Å². The van der Waals surface area contributed by atoms with Crippen LogP contribution in [-0.4, -0.2) is 38.7 Å². The number of hydrogen-bond acceptors (Lipinski definition) is 4. The van der Waals surface area contributed by atoms with Crippen LogP contribution >= 0.6 is 15.9 Å². The maximum Gasteiger partial charge on any atom is 0.336 e. The molecule has 1 aromatic rings. The first-order valence-electron chi connectivity index (χ1n) is 6.45. The first kappa shape index (κ1) is 16.4. The number of halogens is 1. The van der Waals surface area contributed by atoms with E-state index in [4.69, 9.17) is 9.84 Å². The van der Waals surface area contributed by atoms with Crippen LogP contribution in [0.1, 0.15) is 23.7 Å². The highest BCUT2D eigenvalue weighted by atomic mass is 79.9. The molecule has 0 amide bonds. The molecular formula is C13H16BrNO5S. The molecule has 1 heterocycles. The number of hydrogen-bond donors (Lipinski definition) is 2. The number of ether oxygens (including phenoxy) is 1. The van der Waals surface area contributed by atoms with E-state index < -0.39 is 16.0 Å². The van der Waals surface area contributed by atoms with E-state index in [1.165, 1.54) is 12.1 Å². The van der Waals surface area contributed by atoms with Gasteiger partial charge in [-0.2, -0.15) is 0 Å². The lowest BCUT2D eigenvalue weighted by atomic mass is 10.0. The normalized spacial score (nSPS) is 22.4. The number of carboxylic acid groups (broad SMARTS) is 1. The number of rotatable bonds is 5. The molecule has 1 aromatic carbocycles. The van der Waals surface area contributed by atoms with E-state index >= 15 is 0 Å². The summed E-state index contributed by atoms with van der Waals surface area (Å²) in [4.78, 5) is 11.0. The van der Waals surface area contributed by atoms with Crippen molar-refractivity contribution in [2.45, 2.75) is 24.3 Å². The fraction of sp³-hybridized carbons (Fsp3) is 0.462. The molecule has 1 fully saturated rings. The average molecular weight is 378 g/mol. The third kappa shape index (κ3) is 3.82. The smallest absolute Gasteiger partial charge is 0.336 e. The Bertz CT molecular complexity index is 646. The van der Waals surface area contributed by atoms with E-state index in [1.807, 2.05) is 6.92 Å². The van der Waals surface area contributed by atoms with Crippen LogP contribution in [0.4, 0.5) is 0 Å². The Kier molecular flexibility index (Phi) is 5.03. The molecule has 2 N–H and O–H groups in total. The van der Waals surface area contributed by atoms with Crippen molar-refractivity contribution in [3.05, 3.63) is 28.2 Å². The molecule has 1 aliphatic heterocycles. The zero-order valence-electron chi connectivity index (χ0n) is 11.4. The molecule has 0 spiro atoms. The fourth-order valence-corrected chi connectivity index (χ4v) is 3.72. The number of nitrogens with one attached hydrogen (secondary N) is 1. The molecule has 2 atom stereocenters. The SMILES string of the molecule is CC1OCCC1CNS(=O)(=O)c1ccc(Br)c(C(=O)O)c1. The van der Waals surface area contributed by atoms with Crippen molar-refractivity contribution in [2.75, 3.05) is 13.2 Å². The second-order valence-electron chi connectivity index (χ2n) is 4.92. The van der Waals surface area contributed by atoms with Gasteiger partial charge in [0.05, 0.1) is 16.6 Å². The minimum absolute atomic E-state index is 0.0206. The van der Waals surface area contributed by atoms with Gasteiger partial charge >= 0.3 is 5.97 Å². The molecule has 0 radical (unpaired) electrons. The molecule has 21 heavy (non-hydrogen) atoms. The highest BCUT2D eigenvalue weighted by Crippen LogP contribution is 2.23. The molecule has 116 valence electrons. The van der Waals surface area contributed by atoms with Crippen molar-refractivity contribution < 1.29 is 23.1 Å². The molecule has 2 rings (SSSR count). The Morgan fingerprint density at radius 2 is 2.24 bits per heavy atom. The molecule has 8 heteroatoms. The maximum absolute atomic E-state index is 12.2. The highest BCUT2D eigenvalue weighted by molar-refractivity contribution is 9.10. The van der Waals surface area contributed by atoms with E-state index in [9.17, 15) is 13.2 Å². The second-order valence-corrected chi connectivity index (χ2v) is 7.54. The summed E-state index contributed by atoms with van der Waals surface area (Å²) in [6, 6.07) is 3.93. The Labute approximate surface area is 131 Å². The molecule has 0 aromatic heterocycles. The van der Waals surface area contributed by atoms with E-state index in [0.29, 0.717) is 11.1 Å². The first-order valence-corrected chi connectivity index (χ1v) is 8.73. The van der Waals surface area contributed by atoms with Gasteiger partial charge in [-0.05, 0) is 47.5 Å². The summed E-state index contributed by atoms with van der Waals surface area (Å²) < 4.78 is 32.7. The highest BCUT2D eigenvalue weighted by Gasteiger charge is 2.26. The van der Waals surface area contributed by atoms with E-state index in [-0.39, 0.29) is 29.0 Å². The Morgan fingerprint density at radius 1 is 1.52 bits per heavy atom. The van der Waals surface area contributed by atoms with Gasteiger partial charge in [0, 0.05) is 23.5 Å². The molecule has 0 aliphatic carbocycles. The van der Waals surface area contributed by atoms with Gasteiger partial charge in [-0.3, -0.25) is 0 Å². The maximum atomic E-state index is 12.2. The fourth-order valence-electron chi connectivity index (χ4n) is 2.18. The molecular weight excluding hydrogens is 362 g/mol. The summed E-state index contributed by atoms with van der Waals surface area (Å²) in [5.41, 5.74) is -0.0876. The number of sulfonamides is 1. The van der Waals surface area contributed by atoms with Gasteiger partial charge in [0.1, 0.15) is 0 Å². The van der Waals surface area contributed by atoms with E-state index in [0.717, 1.165) is 12.5 Å². The van der Waals surface area contributed by atoms with Crippen molar-refractivity contribution in [2.24, 2.45) is 5.92 Å². The average Bonchev–Trinajstić information content (AvgIpc) is 2.82. The summed E-state index contributed by atoms with van der Waals surface area (Å²) in [6.45, 7) is 2.82. The molecule has 1 saturated heterocycles. The molecule has 0 saturated carbocycles. The predicted octanol–water partition coefficient (Wildman–Crippen LogP) is 1.85. The van der Waals surface area contributed by atoms with Gasteiger partial charge in [-0.25, -0.2) is 17.9 Å². The van der Waals surface area contributed by atoms with Crippen LogP contribution in [0.2, 0.25) is 0 Å². The monoisotopic (exact) mass is 377 g/mol. The third-order valence-corrected chi connectivity index (χ3v) is 5.66. The van der Waals surface area contributed by atoms with E-state index in [1.54, 1.807) is 0 Å². The van der Waals surface area contributed by atoms with Gasteiger partial charge in [0.15, 0.2) is 0 Å². The van der Waals surface area contributed by atoms with Crippen LogP contribution in [0.15, 0.2) is 27.6 Å². The van der Waals surface area contributed by atoms with Gasteiger partial charge in [-0.15, -0.1) is 0 Å². The third-order valence-electron chi connectivity index (χ3n) is 3.55. The molecule has 2 unspecified atom stereocenters. The minimum atomic E-state index is -3.73. The lowest BCUT2D eigenvalue weighted by molar-refractivity contribution is 0.0695. The quantitative estimate of drug-likeness (QED) is 0.816. The van der Waals surface area contributed by atoms with Crippen molar-refractivity contribution >= 4 is 31.9 Å². The van der Waals surface area contributed by atoms with Crippen LogP contribution in [0.25, 0.3) is 0 Å². The Balaban J connectivity index is 2.15. The summed E-state index contributed by atoms with van der Waals surface area (Å²) >= 11 is 3.09. The zero-order chi connectivity index (χ0) is 15.6. The number of aromatic carboxylic acids is 1.